The molecule has 0 aliphatic carbocycles. The number of hydrogen-bond acceptors (Lipinski definition) is 2. The minimum Gasteiger partial charge on any atom is -0.311 e. The van der Waals surface area contributed by atoms with Gasteiger partial charge in [-0.25, -0.2) is 0 Å². The van der Waals surface area contributed by atoms with Crippen LogP contribution in [0.5, 0.6) is 0 Å². The van der Waals surface area contributed by atoms with Gasteiger partial charge in [-0.2, -0.15) is 5.26 Å². The van der Waals surface area contributed by atoms with Crippen molar-refractivity contribution in [1.82, 2.24) is 5.32 Å². The van der Waals surface area contributed by atoms with Gasteiger partial charge < -0.3 is 5.32 Å². The number of nitriles is 1. The Hall–Kier alpha value is -1.59. The first-order valence-corrected chi connectivity index (χ1v) is 5.13. The average molecular weight is 200 g/mol. The van der Waals surface area contributed by atoms with Gasteiger partial charge in [0.15, 0.2) is 0 Å². The molecular weight excluding hydrogens is 184 g/mol. The Morgan fingerprint density at radius 2 is 2.13 bits per heavy atom. The van der Waals surface area contributed by atoms with Crippen LogP contribution in [-0.4, -0.2) is 12.6 Å². The number of hydrogen-bond donors (Lipinski definition) is 1. The van der Waals surface area contributed by atoms with E-state index in [0.29, 0.717) is 6.04 Å². The molecule has 0 heterocycles. The molecule has 0 radical (unpaired) electrons. The summed E-state index contributed by atoms with van der Waals surface area (Å²) in [7, 11) is 0. The summed E-state index contributed by atoms with van der Waals surface area (Å²) in [4.78, 5) is 0. The van der Waals surface area contributed by atoms with Crippen molar-refractivity contribution < 1.29 is 0 Å². The number of nitrogens with one attached hydrogen (secondary N) is 1. The fourth-order valence-electron chi connectivity index (χ4n) is 1.23. The van der Waals surface area contributed by atoms with E-state index in [1.165, 1.54) is 0 Å². The summed E-state index contributed by atoms with van der Waals surface area (Å²) >= 11 is 0. The normalized spacial score (nSPS) is 10.8. The van der Waals surface area contributed by atoms with Crippen molar-refractivity contribution in [2.24, 2.45) is 0 Å². The van der Waals surface area contributed by atoms with Gasteiger partial charge in [0.25, 0.3) is 0 Å². The molecule has 0 spiro atoms. The van der Waals surface area contributed by atoms with Crippen LogP contribution >= 0.6 is 0 Å². The molecule has 0 bridgehead atoms. The van der Waals surface area contributed by atoms with Crippen LogP contribution in [0.15, 0.2) is 30.3 Å². The molecule has 2 heteroatoms. The lowest BCUT2D eigenvalue weighted by molar-refractivity contribution is 0.633. The Morgan fingerprint density at radius 1 is 1.40 bits per heavy atom. The lowest BCUT2D eigenvalue weighted by atomic mass is 10.1. The van der Waals surface area contributed by atoms with Crippen molar-refractivity contribution in [3.63, 3.8) is 0 Å². The van der Waals surface area contributed by atoms with Gasteiger partial charge in [-0.3, -0.25) is 0 Å². The number of nitrogens with zero attached hydrogens (tertiary/aromatic N) is 1. The van der Waals surface area contributed by atoms with Crippen LogP contribution in [0, 0.1) is 11.3 Å². The van der Waals surface area contributed by atoms with Crippen LogP contribution in [0.25, 0.3) is 6.08 Å². The van der Waals surface area contributed by atoms with E-state index >= 15 is 0 Å². The van der Waals surface area contributed by atoms with Gasteiger partial charge >= 0.3 is 0 Å². The SMILES string of the molecule is CC(C)NC/C=C/c1ccccc1C#N. The highest BCUT2D eigenvalue weighted by Gasteiger charge is 1.95. The summed E-state index contributed by atoms with van der Waals surface area (Å²) in [5, 5.41) is 12.1. The van der Waals surface area contributed by atoms with Gasteiger partial charge in [0.2, 0.25) is 0 Å². The second-order valence-electron chi connectivity index (χ2n) is 3.66. The lowest BCUT2D eigenvalue weighted by Gasteiger charge is -2.03. The quantitative estimate of drug-likeness (QED) is 0.810. The number of rotatable bonds is 4. The summed E-state index contributed by atoms with van der Waals surface area (Å²) in [5.41, 5.74) is 1.70. The second kappa shape index (κ2) is 6.00. The standard InChI is InChI=1S/C13H16N2/c1-11(2)15-9-5-8-12-6-3-4-7-13(12)10-14/h3-8,11,15H,9H2,1-2H3/b8-5+. The average Bonchev–Trinajstić information content (AvgIpc) is 2.24. The topological polar surface area (TPSA) is 35.8 Å². The van der Waals surface area contributed by atoms with Gasteiger partial charge in [0, 0.05) is 12.6 Å². The Bertz CT molecular complexity index is 372. The van der Waals surface area contributed by atoms with Crippen LogP contribution in [0.4, 0.5) is 0 Å². The third kappa shape index (κ3) is 3.97. The molecule has 0 atom stereocenters. The van der Waals surface area contributed by atoms with Crippen molar-refractivity contribution in [3.8, 4) is 6.07 Å². The zero-order valence-corrected chi connectivity index (χ0v) is 9.20. The smallest absolute Gasteiger partial charge is 0.0997 e. The Kier molecular flexibility index (Phi) is 4.59. The molecule has 0 aliphatic rings. The zero-order valence-electron chi connectivity index (χ0n) is 9.20. The largest absolute Gasteiger partial charge is 0.311 e. The Labute approximate surface area is 91.2 Å². The molecule has 78 valence electrons. The number of benzene rings is 1. The van der Waals surface area contributed by atoms with Gasteiger partial charge in [-0.15, -0.1) is 0 Å². The highest BCUT2D eigenvalue weighted by Crippen LogP contribution is 2.08. The molecule has 1 N–H and O–H groups in total. The summed E-state index contributed by atoms with van der Waals surface area (Å²) in [5.74, 6) is 0. The highest BCUT2D eigenvalue weighted by atomic mass is 14.9. The first-order valence-electron chi connectivity index (χ1n) is 5.13. The lowest BCUT2D eigenvalue weighted by Crippen LogP contribution is -2.22. The minimum atomic E-state index is 0.487. The molecule has 0 amide bonds. The molecule has 15 heavy (non-hydrogen) atoms. The highest BCUT2D eigenvalue weighted by molar-refractivity contribution is 5.57. The van der Waals surface area contributed by atoms with Gasteiger partial charge in [-0.05, 0) is 11.6 Å². The van der Waals surface area contributed by atoms with E-state index in [2.05, 4.69) is 25.2 Å². The van der Waals surface area contributed by atoms with Crippen LogP contribution < -0.4 is 5.32 Å². The van der Waals surface area contributed by atoms with E-state index in [-0.39, 0.29) is 0 Å². The molecule has 0 saturated carbocycles. The molecule has 0 aromatic heterocycles. The maximum absolute atomic E-state index is 8.86. The van der Waals surface area contributed by atoms with Crippen LogP contribution in [0.1, 0.15) is 25.0 Å². The van der Waals surface area contributed by atoms with Crippen molar-refractivity contribution in [1.29, 1.82) is 5.26 Å². The first kappa shape index (κ1) is 11.5. The van der Waals surface area contributed by atoms with E-state index in [4.69, 9.17) is 5.26 Å². The van der Waals surface area contributed by atoms with E-state index in [1.54, 1.807) is 0 Å². The summed E-state index contributed by atoms with van der Waals surface area (Å²) in [6.45, 7) is 5.05. The maximum Gasteiger partial charge on any atom is 0.0997 e. The van der Waals surface area contributed by atoms with E-state index in [9.17, 15) is 0 Å². The molecule has 0 unspecified atom stereocenters. The fourth-order valence-corrected chi connectivity index (χ4v) is 1.23. The van der Waals surface area contributed by atoms with Gasteiger partial charge in [0.1, 0.15) is 0 Å². The van der Waals surface area contributed by atoms with Gasteiger partial charge in [0.05, 0.1) is 11.6 Å². The van der Waals surface area contributed by atoms with Gasteiger partial charge in [-0.1, -0.05) is 44.2 Å². The zero-order chi connectivity index (χ0) is 11.1. The molecule has 0 saturated heterocycles. The molecule has 2 nitrogen and oxygen atoms in total. The monoisotopic (exact) mass is 200 g/mol. The third-order valence-electron chi connectivity index (χ3n) is 2.02. The van der Waals surface area contributed by atoms with Crippen LogP contribution in [0.2, 0.25) is 0 Å². The molecule has 1 aromatic rings. The summed E-state index contributed by atoms with van der Waals surface area (Å²) in [6, 6.07) is 10.3. The molecule has 0 fully saturated rings. The van der Waals surface area contributed by atoms with E-state index in [0.717, 1.165) is 17.7 Å². The third-order valence-corrected chi connectivity index (χ3v) is 2.02. The fraction of sp³-hybridized carbons (Fsp3) is 0.308. The molecular formula is C13H16N2. The van der Waals surface area contributed by atoms with Crippen LogP contribution in [-0.2, 0) is 0 Å². The van der Waals surface area contributed by atoms with Crippen molar-refractivity contribution in [2.45, 2.75) is 19.9 Å². The Balaban J connectivity index is 2.61. The molecule has 1 rings (SSSR count). The van der Waals surface area contributed by atoms with E-state index in [1.807, 2.05) is 36.4 Å². The van der Waals surface area contributed by atoms with Crippen LogP contribution in [0.3, 0.4) is 0 Å². The predicted molar refractivity (Wildman–Crippen MR) is 63.3 cm³/mol. The minimum absolute atomic E-state index is 0.487. The van der Waals surface area contributed by atoms with E-state index < -0.39 is 0 Å². The first-order chi connectivity index (χ1) is 7.24. The van der Waals surface area contributed by atoms with Crippen molar-refractivity contribution in [2.75, 3.05) is 6.54 Å². The summed E-state index contributed by atoms with van der Waals surface area (Å²) < 4.78 is 0. The predicted octanol–water partition coefficient (Wildman–Crippen LogP) is 2.57. The summed E-state index contributed by atoms with van der Waals surface area (Å²) in [6.07, 6.45) is 4.02. The second-order valence-corrected chi connectivity index (χ2v) is 3.66. The molecule has 1 aromatic carbocycles. The van der Waals surface area contributed by atoms with Crippen molar-refractivity contribution >= 4 is 6.08 Å². The maximum atomic E-state index is 8.86. The Morgan fingerprint density at radius 3 is 2.80 bits per heavy atom. The molecule has 0 aliphatic heterocycles. The van der Waals surface area contributed by atoms with Crippen molar-refractivity contribution in [3.05, 3.63) is 41.5 Å².